The van der Waals surface area contributed by atoms with E-state index in [9.17, 15) is 22.8 Å². The highest BCUT2D eigenvalue weighted by atomic mass is 35.5. The van der Waals surface area contributed by atoms with Gasteiger partial charge in [0.25, 0.3) is 5.69 Å². The van der Waals surface area contributed by atoms with Gasteiger partial charge in [-0.3, -0.25) is 4.79 Å². The SMILES string of the molecule is O=C1C=CC(=O)[N+](c2cc(C(F)(F)F)ccc2Cl)=N1. The van der Waals surface area contributed by atoms with Crippen LogP contribution in [0.5, 0.6) is 0 Å². The number of amides is 2. The number of benzene rings is 1. The molecule has 0 unspecified atom stereocenters. The zero-order valence-corrected chi connectivity index (χ0v) is 9.87. The molecule has 98 valence electrons. The number of halogens is 4. The highest BCUT2D eigenvalue weighted by Gasteiger charge is 2.35. The van der Waals surface area contributed by atoms with Gasteiger partial charge in [-0.05, 0) is 16.8 Å². The summed E-state index contributed by atoms with van der Waals surface area (Å²) in [5, 5.41) is 3.21. The number of azo groups is 2. The maximum Gasteiger partial charge on any atom is 0.443 e. The lowest BCUT2D eigenvalue weighted by molar-refractivity contribution is -0.425. The van der Waals surface area contributed by atoms with Crippen LogP contribution in [0.2, 0.25) is 5.02 Å². The minimum Gasteiger partial charge on any atom is -0.261 e. The fraction of sp³-hybridized carbons (Fsp3) is 0.0909. The minimum atomic E-state index is -4.59. The first kappa shape index (κ1) is 13.4. The van der Waals surface area contributed by atoms with Crippen molar-refractivity contribution in [2.24, 2.45) is 5.11 Å². The Morgan fingerprint density at radius 2 is 1.84 bits per heavy atom. The number of carbonyl (C=O) groups is 2. The van der Waals surface area contributed by atoms with Crippen LogP contribution in [0.3, 0.4) is 0 Å². The van der Waals surface area contributed by atoms with Crippen LogP contribution in [0.15, 0.2) is 35.5 Å². The van der Waals surface area contributed by atoms with Gasteiger partial charge < -0.3 is 0 Å². The van der Waals surface area contributed by atoms with E-state index in [1.54, 1.807) is 0 Å². The van der Waals surface area contributed by atoms with Crippen LogP contribution in [0.4, 0.5) is 18.9 Å². The quantitative estimate of drug-likeness (QED) is 0.746. The molecule has 0 N–H and O–H groups in total. The molecule has 4 nitrogen and oxygen atoms in total. The van der Waals surface area contributed by atoms with E-state index < -0.39 is 23.6 Å². The van der Waals surface area contributed by atoms with E-state index in [4.69, 9.17) is 11.6 Å². The number of alkyl halides is 3. The molecule has 0 aromatic heterocycles. The van der Waals surface area contributed by atoms with Crippen molar-refractivity contribution in [3.63, 3.8) is 0 Å². The number of carbonyl (C=O) groups excluding carboxylic acids is 2. The van der Waals surface area contributed by atoms with Crippen LogP contribution in [0, 0.1) is 0 Å². The van der Waals surface area contributed by atoms with Gasteiger partial charge in [-0.2, -0.15) is 13.2 Å². The Morgan fingerprint density at radius 3 is 2.47 bits per heavy atom. The third kappa shape index (κ3) is 2.70. The van der Waals surface area contributed by atoms with Gasteiger partial charge in [0.15, 0.2) is 0 Å². The molecule has 0 saturated carbocycles. The van der Waals surface area contributed by atoms with Gasteiger partial charge in [0.2, 0.25) is 0 Å². The molecule has 1 aliphatic heterocycles. The van der Waals surface area contributed by atoms with Crippen molar-refractivity contribution in [2.45, 2.75) is 6.18 Å². The molecule has 0 fully saturated rings. The van der Waals surface area contributed by atoms with Gasteiger partial charge in [-0.1, -0.05) is 11.6 Å². The second-order valence-corrected chi connectivity index (χ2v) is 3.99. The lowest BCUT2D eigenvalue weighted by Crippen LogP contribution is -2.18. The van der Waals surface area contributed by atoms with Gasteiger partial charge >= 0.3 is 18.0 Å². The molecule has 1 aromatic rings. The van der Waals surface area contributed by atoms with E-state index in [0.717, 1.165) is 24.3 Å². The molecule has 0 bridgehead atoms. The van der Waals surface area contributed by atoms with E-state index >= 15 is 0 Å². The number of nitrogens with zero attached hydrogens (tertiary/aromatic N) is 2. The first-order chi connectivity index (χ1) is 8.79. The molecular weight excluding hydrogens is 285 g/mol. The van der Waals surface area contributed by atoms with Gasteiger partial charge in [0, 0.05) is 12.1 Å². The maximum absolute atomic E-state index is 12.6. The summed E-state index contributed by atoms with van der Waals surface area (Å²) >= 11 is 5.74. The van der Waals surface area contributed by atoms with Crippen molar-refractivity contribution in [3.8, 4) is 0 Å². The van der Waals surface area contributed by atoms with Crippen LogP contribution in [-0.4, -0.2) is 16.5 Å². The lowest BCUT2D eigenvalue weighted by Gasteiger charge is -2.07. The number of hydrogen-bond donors (Lipinski definition) is 0. The monoisotopic (exact) mass is 289 g/mol. The first-order valence-electron chi connectivity index (χ1n) is 4.93. The predicted octanol–water partition coefficient (Wildman–Crippen LogP) is 3.08. The summed E-state index contributed by atoms with van der Waals surface area (Å²) in [6.45, 7) is 0. The molecule has 1 heterocycles. The van der Waals surface area contributed by atoms with E-state index in [1.807, 2.05) is 0 Å². The van der Waals surface area contributed by atoms with Crippen LogP contribution in [0.25, 0.3) is 0 Å². The predicted molar refractivity (Wildman–Crippen MR) is 58.0 cm³/mol. The van der Waals surface area contributed by atoms with Gasteiger partial charge in [0.1, 0.15) is 5.02 Å². The second kappa shape index (κ2) is 4.58. The summed E-state index contributed by atoms with van der Waals surface area (Å²) in [4.78, 5) is 22.6. The van der Waals surface area contributed by atoms with Crippen LogP contribution in [-0.2, 0) is 15.8 Å². The van der Waals surface area contributed by atoms with Crippen LogP contribution >= 0.6 is 11.6 Å². The Bertz CT molecular complexity index is 635. The zero-order chi connectivity index (χ0) is 14.2. The zero-order valence-electron chi connectivity index (χ0n) is 9.11. The topological polar surface area (TPSA) is 49.5 Å². The summed E-state index contributed by atoms with van der Waals surface area (Å²) in [6, 6.07) is 2.43. The smallest absolute Gasteiger partial charge is 0.261 e. The molecular formula is C11H5ClF3N2O2+. The molecule has 0 radical (unpaired) electrons. The van der Waals surface area contributed by atoms with Crippen molar-refractivity contribution in [3.05, 3.63) is 40.9 Å². The molecule has 8 heteroatoms. The van der Waals surface area contributed by atoms with Crippen molar-refractivity contribution < 1.29 is 27.5 Å². The minimum absolute atomic E-state index is 0.117. The summed E-state index contributed by atoms with van der Waals surface area (Å²) in [5.74, 6) is -1.51. The van der Waals surface area contributed by atoms with Crippen LogP contribution < -0.4 is 0 Å². The van der Waals surface area contributed by atoms with Crippen molar-refractivity contribution >= 4 is 29.1 Å². The van der Waals surface area contributed by atoms with E-state index in [-0.39, 0.29) is 10.7 Å². The molecule has 0 atom stereocenters. The third-order valence-corrected chi connectivity index (χ3v) is 2.60. The fourth-order valence-corrected chi connectivity index (χ4v) is 1.62. The van der Waals surface area contributed by atoms with Crippen molar-refractivity contribution in [2.75, 3.05) is 0 Å². The lowest BCUT2D eigenvalue weighted by atomic mass is 10.2. The van der Waals surface area contributed by atoms with E-state index in [0.29, 0.717) is 10.8 Å². The Labute approximate surface area is 109 Å². The van der Waals surface area contributed by atoms with Crippen molar-refractivity contribution in [1.82, 2.24) is 0 Å². The fourth-order valence-electron chi connectivity index (χ4n) is 1.42. The average molecular weight is 290 g/mol. The Morgan fingerprint density at radius 1 is 1.16 bits per heavy atom. The molecule has 2 amide bonds. The van der Waals surface area contributed by atoms with E-state index in [1.165, 1.54) is 0 Å². The molecule has 1 aliphatic rings. The Kier molecular flexibility index (Phi) is 3.23. The molecule has 2 rings (SSSR count). The molecule has 0 spiro atoms. The van der Waals surface area contributed by atoms with Gasteiger partial charge in [0.05, 0.1) is 16.8 Å². The normalized spacial score (nSPS) is 15.7. The Hall–Kier alpha value is -2.02. The number of hydrogen-bond acceptors (Lipinski definition) is 2. The third-order valence-electron chi connectivity index (χ3n) is 2.28. The first-order valence-corrected chi connectivity index (χ1v) is 5.31. The standard InChI is InChI=1S/C11H5ClF3N2O2/c12-7-2-1-6(11(13,14)15)5-8(7)17-10(19)4-3-9(18)16-17/h1-5H/q+1. The van der Waals surface area contributed by atoms with E-state index in [2.05, 4.69) is 5.11 Å². The van der Waals surface area contributed by atoms with Gasteiger partial charge in [-0.15, -0.1) is 0 Å². The molecule has 19 heavy (non-hydrogen) atoms. The molecule has 0 aliphatic carbocycles. The summed E-state index contributed by atoms with van der Waals surface area (Å²) in [5.41, 5.74) is -1.28. The summed E-state index contributed by atoms with van der Waals surface area (Å²) < 4.78 is 38.3. The maximum atomic E-state index is 12.6. The Balaban J connectivity index is 2.56. The highest BCUT2D eigenvalue weighted by molar-refractivity contribution is 6.32. The summed E-state index contributed by atoms with van der Waals surface area (Å²) in [7, 11) is 0. The van der Waals surface area contributed by atoms with Crippen LogP contribution in [0.1, 0.15) is 5.56 Å². The molecule has 1 aromatic carbocycles. The second-order valence-electron chi connectivity index (χ2n) is 3.59. The van der Waals surface area contributed by atoms with Gasteiger partial charge in [-0.25, -0.2) is 4.79 Å². The largest absolute Gasteiger partial charge is 0.443 e. The molecule has 0 saturated heterocycles. The summed E-state index contributed by atoms with van der Waals surface area (Å²) in [6.07, 6.45) is -2.76. The van der Waals surface area contributed by atoms with Crippen molar-refractivity contribution in [1.29, 1.82) is 0 Å². The number of rotatable bonds is 1. The highest BCUT2D eigenvalue weighted by Crippen LogP contribution is 2.35. The average Bonchev–Trinajstić information content (AvgIpc) is 2.32.